The maximum absolute atomic E-state index is 5.92. The molecule has 2 bridgehead atoms. The predicted octanol–water partition coefficient (Wildman–Crippen LogP) is 2.84. The molecule has 138 valence electrons. The Morgan fingerprint density at radius 3 is 2.64 bits per heavy atom. The van der Waals surface area contributed by atoms with E-state index in [1.165, 1.54) is 6.42 Å². The Labute approximate surface area is 157 Å². The molecule has 3 rings (SSSR count). The zero-order valence-electron chi connectivity index (χ0n) is 15.0. The molecule has 2 saturated heterocycles. The van der Waals surface area contributed by atoms with Gasteiger partial charge in [-0.1, -0.05) is 15.9 Å². The molecule has 0 aliphatic carbocycles. The fourth-order valence-corrected chi connectivity index (χ4v) is 3.91. The number of nitrogens with one attached hydrogen (secondary N) is 2. The third kappa shape index (κ3) is 4.20. The normalized spacial score (nSPS) is 25.1. The highest BCUT2D eigenvalue weighted by molar-refractivity contribution is 9.10. The Bertz CT molecular complexity index is 638. The topological polar surface area (TPSA) is 64.1 Å². The molecule has 1 aromatic carbocycles. The SMILES string of the molecule is CCNC(=NCc1cc(OC)c(OC)cc1Br)NC1CC2CCC1O2. The van der Waals surface area contributed by atoms with Gasteiger partial charge in [0.1, 0.15) is 0 Å². The van der Waals surface area contributed by atoms with Gasteiger partial charge in [-0.05, 0) is 43.9 Å². The van der Waals surface area contributed by atoms with Crippen LogP contribution in [0.1, 0.15) is 31.7 Å². The molecule has 2 heterocycles. The maximum atomic E-state index is 5.92. The molecule has 2 fully saturated rings. The van der Waals surface area contributed by atoms with Crippen LogP contribution in [0.25, 0.3) is 0 Å². The summed E-state index contributed by atoms with van der Waals surface area (Å²) < 4.78 is 17.6. The Morgan fingerprint density at radius 2 is 2.04 bits per heavy atom. The van der Waals surface area contributed by atoms with Crippen molar-refractivity contribution in [2.24, 2.45) is 4.99 Å². The smallest absolute Gasteiger partial charge is 0.191 e. The van der Waals surface area contributed by atoms with Gasteiger partial charge >= 0.3 is 0 Å². The van der Waals surface area contributed by atoms with Gasteiger partial charge in [-0.25, -0.2) is 4.99 Å². The lowest BCUT2D eigenvalue weighted by Gasteiger charge is -2.22. The van der Waals surface area contributed by atoms with E-state index in [2.05, 4.69) is 33.5 Å². The molecule has 2 N–H and O–H groups in total. The summed E-state index contributed by atoms with van der Waals surface area (Å²) in [4.78, 5) is 4.74. The molecule has 0 saturated carbocycles. The van der Waals surface area contributed by atoms with Crippen molar-refractivity contribution < 1.29 is 14.2 Å². The molecule has 0 aromatic heterocycles. The fraction of sp³-hybridized carbons (Fsp3) is 0.611. The van der Waals surface area contributed by atoms with E-state index in [9.17, 15) is 0 Å². The van der Waals surface area contributed by atoms with E-state index in [0.29, 0.717) is 36.3 Å². The van der Waals surface area contributed by atoms with Crippen LogP contribution in [-0.4, -0.2) is 45.0 Å². The summed E-state index contributed by atoms with van der Waals surface area (Å²) in [5.41, 5.74) is 1.04. The summed E-state index contributed by atoms with van der Waals surface area (Å²) in [6.45, 7) is 3.43. The number of guanidine groups is 1. The molecule has 3 atom stereocenters. The highest BCUT2D eigenvalue weighted by Gasteiger charge is 2.41. The van der Waals surface area contributed by atoms with Crippen LogP contribution in [0.15, 0.2) is 21.6 Å². The molecule has 2 aliphatic heterocycles. The van der Waals surface area contributed by atoms with Crippen LogP contribution >= 0.6 is 15.9 Å². The van der Waals surface area contributed by atoms with Gasteiger partial charge in [0.15, 0.2) is 17.5 Å². The minimum absolute atomic E-state index is 0.321. The van der Waals surface area contributed by atoms with Crippen LogP contribution in [0, 0.1) is 0 Å². The molecule has 0 radical (unpaired) electrons. The summed E-state index contributed by atoms with van der Waals surface area (Å²) in [6.07, 6.45) is 4.14. The first kappa shape index (κ1) is 18.3. The zero-order chi connectivity index (χ0) is 17.8. The van der Waals surface area contributed by atoms with Gasteiger partial charge < -0.3 is 24.8 Å². The van der Waals surface area contributed by atoms with Crippen LogP contribution < -0.4 is 20.1 Å². The first-order valence-electron chi connectivity index (χ1n) is 8.75. The summed E-state index contributed by atoms with van der Waals surface area (Å²) in [5, 5.41) is 6.85. The number of ether oxygens (including phenoxy) is 3. The number of nitrogens with zero attached hydrogens (tertiary/aromatic N) is 1. The van der Waals surface area contributed by atoms with Crippen molar-refractivity contribution in [3.05, 3.63) is 22.2 Å². The molecule has 25 heavy (non-hydrogen) atoms. The Kier molecular flexibility index (Phi) is 6.06. The second kappa shape index (κ2) is 8.27. The third-order valence-electron chi connectivity index (χ3n) is 4.73. The molecular weight excluding hydrogens is 386 g/mol. The van der Waals surface area contributed by atoms with Crippen molar-refractivity contribution in [2.75, 3.05) is 20.8 Å². The Hall–Kier alpha value is -1.47. The second-order valence-electron chi connectivity index (χ2n) is 6.35. The largest absolute Gasteiger partial charge is 0.493 e. The van der Waals surface area contributed by atoms with Crippen molar-refractivity contribution in [1.29, 1.82) is 0 Å². The van der Waals surface area contributed by atoms with Crippen molar-refractivity contribution in [3.63, 3.8) is 0 Å². The standard InChI is InChI=1S/C18H26BrN3O3/c1-4-20-18(22-14-8-12-5-6-15(14)25-12)21-10-11-7-16(23-2)17(24-3)9-13(11)19/h7,9,12,14-15H,4-6,8,10H2,1-3H3,(H2,20,21,22). The van der Waals surface area contributed by atoms with E-state index in [4.69, 9.17) is 19.2 Å². The number of rotatable bonds is 6. The third-order valence-corrected chi connectivity index (χ3v) is 5.47. The van der Waals surface area contributed by atoms with Crippen LogP contribution in [0.5, 0.6) is 11.5 Å². The van der Waals surface area contributed by atoms with Crippen molar-refractivity contribution in [1.82, 2.24) is 10.6 Å². The zero-order valence-corrected chi connectivity index (χ0v) is 16.6. The molecule has 6 nitrogen and oxygen atoms in total. The summed E-state index contributed by atoms with van der Waals surface area (Å²) in [5.74, 6) is 2.23. The average Bonchev–Trinajstić information content (AvgIpc) is 3.23. The summed E-state index contributed by atoms with van der Waals surface area (Å²) in [6, 6.07) is 4.22. The van der Waals surface area contributed by atoms with Gasteiger partial charge in [-0.3, -0.25) is 0 Å². The second-order valence-corrected chi connectivity index (χ2v) is 7.21. The number of hydrogen-bond donors (Lipinski definition) is 2. The van der Waals surface area contributed by atoms with Gasteiger partial charge in [-0.2, -0.15) is 0 Å². The molecule has 7 heteroatoms. The number of halogens is 1. The van der Waals surface area contributed by atoms with Crippen LogP contribution in [0.3, 0.4) is 0 Å². The predicted molar refractivity (Wildman–Crippen MR) is 101 cm³/mol. The van der Waals surface area contributed by atoms with Crippen molar-refractivity contribution >= 4 is 21.9 Å². The van der Waals surface area contributed by atoms with Gasteiger partial charge in [0.05, 0.1) is 39.0 Å². The van der Waals surface area contributed by atoms with Crippen LogP contribution in [0.4, 0.5) is 0 Å². The highest BCUT2D eigenvalue weighted by atomic mass is 79.9. The van der Waals surface area contributed by atoms with E-state index in [-0.39, 0.29) is 0 Å². The van der Waals surface area contributed by atoms with Crippen molar-refractivity contribution in [3.8, 4) is 11.5 Å². The number of benzene rings is 1. The van der Waals surface area contributed by atoms with Crippen LogP contribution in [-0.2, 0) is 11.3 Å². The maximum Gasteiger partial charge on any atom is 0.191 e. The number of methoxy groups -OCH3 is 2. The lowest BCUT2D eigenvalue weighted by atomic mass is 9.96. The van der Waals surface area contributed by atoms with Gasteiger partial charge in [0.2, 0.25) is 0 Å². The molecular formula is C18H26BrN3O3. The molecule has 2 aliphatic rings. The quantitative estimate of drug-likeness (QED) is 0.556. The van der Waals surface area contributed by atoms with Gasteiger partial charge in [-0.15, -0.1) is 0 Å². The minimum atomic E-state index is 0.321. The van der Waals surface area contributed by atoms with E-state index in [1.807, 2.05) is 12.1 Å². The van der Waals surface area contributed by atoms with Gasteiger partial charge in [0.25, 0.3) is 0 Å². The summed E-state index contributed by atoms with van der Waals surface area (Å²) in [7, 11) is 3.27. The Morgan fingerprint density at radius 1 is 1.28 bits per heavy atom. The van der Waals surface area contributed by atoms with E-state index >= 15 is 0 Å². The minimum Gasteiger partial charge on any atom is -0.493 e. The number of aliphatic imine (C=N–C) groups is 1. The number of fused-ring (bicyclic) bond motifs is 2. The van der Waals surface area contributed by atoms with Gasteiger partial charge in [0, 0.05) is 11.0 Å². The summed E-state index contributed by atoms with van der Waals surface area (Å²) >= 11 is 3.59. The molecule has 0 amide bonds. The average molecular weight is 412 g/mol. The Balaban J connectivity index is 1.71. The monoisotopic (exact) mass is 411 g/mol. The van der Waals surface area contributed by atoms with Crippen LogP contribution in [0.2, 0.25) is 0 Å². The van der Waals surface area contributed by atoms with E-state index in [0.717, 1.165) is 35.4 Å². The molecule has 3 unspecified atom stereocenters. The van der Waals surface area contributed by atoms with E-state index in [1.54, 1.807) is 14.2 Å². The molecule has 1 aromatic rings. The lowest BCUT2D eigenvalue weighted by Crippen LogP contribution is -2.47. The lowest BCUT2D eigenvalue weighted by molar-refractivity contribution is 0.0992. The highest BCUT2D eigenvalue weighted by Crippen LogP contribution is 2.35. The fourth-order valence-electron chi connectivity index (χ4n) is 3.47. The van der Waals surface area contributed by atoms with E-state index < -0.39 is 0 Å². The number of hydrogen-bond acceptors (Lipinski definition) is 4. The molecule has 0 spiro atoms. The first-order valence-corrected chi connectivity index (χ1v) is 9.54. The first-order chi connectivity index (χ1) is 12.1. The van der Waals surface area contributed by atoms with Crippen molar-refractivity contribution in [2.45, 2.75) is 51.0 Å².